The zero-order valence-electron chi connectivity index (χ0n) is 16.6. The molecule has 2 aromatic carbocycles. The first-order chi connectivity index (χ1) is 14.5. The molecule has 2 N–H and O–H groups in total. The Morgan fingerprint density at radius 2 is 1.70 bits per heavy atom. The van der Waals surface area contributed by atoms with Gasteiger partial charge in [0.05, 0.1) is 32.8 Å². The molecule has 4 rings (SSSR count). The van der Waals surface area contributed by atoms with Crippen molar-refractivity contribution in [2.45, 2.75) is 5.92 Å². The fourth-order valence-electron chi connectivity index (χ4n) is 3.79. The lowest BCUT2D eigenvalue weighted by Gasteiger charge is -2.30. The Hall–Kier alpha value is -3.59. The van der Waals surface area contributed by atoms with Gasteiger partial charge in [0.15, 0.2) is 23.0 Å². The van der Waals surface area contributed by atoms with Crippen LogP contribution in [-0.2, 0) is 4.79 Å². The maximum Gasteiger partial charge on any atom is 0.336 e. The first-order valence-corrected chi connectivity index (χ1v) is 9.01. The van der Waals surface area contributed by atoms with Crippen molar-refractivity contribution in [2.24, 2.45) is 0 Å². The van der Waals surface area contributed by atoms with Gasteiger partial charge in [0.25, 0.3) is 0 Å². The van der Waals surface area contributed by atoms with Crippen molar-refractivity contribution >= 4 is 5.97 Å². The third-order valence-electron chi connectivity index (χ3n) is 5.06. The van der Waals surface area contributed by atoms with Gasteiger partial charge in [0.1, 0.15) is 18.1 Å². The van der Waals surface area contributed by atoms with E-state index in [0.717, 1.165) is 0 Å². The zero-order valence-corrected chi connectivity index (χ0v) is 16.6. The Kier molecular flexibility index (Phi) is 5.04. The summed E-state index contributed by atoms with van der Waals surface area (Å²) >= 11 is 0. The predicted octanol–water partition coefficient (Wildman–Crippen LogP) is 2.30. The minimum Gasteiger partial charge on any atom is -0.493 e. The van der Waals surface area contributed by atoms with E-state index in [1.165, 1.54) is 21.3 Å². The van der Waals surface area contributed by atoms with Crippen LogP contribution in [0.1, 0.15) is 17.0 Å². The number of aliphatic hydroxyl groups is 1. The van der Waals surface area contributed by atoms with E-state index in [4.69, 9.17) is 28.4 Å². The van der Waals surface area contributed by atoms with Gasteiger partial charge < -0.3 is 38.6 Å². The van der Waals surface area contributed by atoms with Crippen LogP contribution in [0.2, 0.25) is 0 Å². The summed E-state index contributed by atoms with van der Waals surface area (Å²) < 4.78 is 33.0. The topological polar surface area (TPSA) is 113 Å². The smallest absolute Gasteiger partial charge is 0.336 e. The molecular formula is C21H20O9. The number of hydrogen-bond donors (Lipinski definition) is 2. The molecule has 0 aromatic heterocycles. The van der Waals surface area contributed by atoms with E-state index in [9.17, 15) is 15.0 Å². The minimum atomic E-state index is -1.23. The van der Waals surface area contributed by atoms with Crippen molar-refractivity contribution < 1.29 is 43.4 Å². The van der Waals surface area contributed by atoms with Crippen molar-refractivity contribution in [3.8, 4) is 34.5 Å². The van der Waals surface area contributed by atoms with Gasteiger partial charge >= 0.3 is 5.97 Å². The monoisotopic (exact) mass is 416 g/mol. The lowest BCUT2D eigenvalue weighted by Crippen LogP contribution is -2.24. The van der Waals surface area contributed by atoms with E-state index >= 15 is 0 Å². The SMILES string of the molecule is COc1ccc(C2C(C(=O)O)=C(CO)Oc3cc4c(cc32)OCO4)c(OC)c1OC. The van der Waals surface area contributed by atoms with Gasteiger partial charge in [-0.15, -0.1) is 0 Å². The van der Waals surface area contributed by atoms with Crippen LogP contribution in [0.3, 0.4) is 0 Å². The molecule has 0 aliphatic carbocycles. The quantitative estimate of drug-likeness (QED) is 0.732. The second-order valence-electron chi connectivity index (χ2n) is 6.50. The fraction of sp³-hybridized carbons (Fsp3) is 0.286. The Morgan fingerprint density at radius 3 is 2.30 bits per heavy atom. The molecule has 2 aliphatic heterocycles. The lowest BCUT2D eigenvalue weighted by atomic mass is 9.81. The molecule has 2 aliphatic rings. The molecule has 0 bridgehead atoms. The van der Waals surface area contributed by atoms with E-state index in [2.05, 4.69) is 0 Å². The van der Waals surface area contributed by atoms with Gasteiger partial charge in [-0.1, -0.05) is 6.07 Å². The second kappa shape index (κ2) is 7.68. The van der Waals surface area contributed by atoms with E-state index in [1.54, 1.807) is 24.3 Å². The molecule has 9 heteroatoms. The van der Waals surface area contributed by atoms with Crippen LogP contribution < -0.4 is 28.4 Å². The molecule has 0 saturated heterocycles. The Labute approximate surface area is 172 Å². The molecule has 1 atom stereocenters. The fourth-order valence-corrected chi connectivity index (χ4v) is 3.79. The molecule has 0 amide bonds. The summed E-state index contributed by atoms with van der Waals surface area (Å²) in [5, 5.41) is 19.8. The number of aliphatic hydroxyl groups excluding tert-OH is 1. The Balaban J connectivity index is 2.02. The number of aliphatic carboxylic acids is 1. The van der Waals surface area contributed by atoms with Gasteiger partial charge in [-0.3, -0.25) is 0 Å². The number of hydrogen-bond acceptors (Lipinski definition) is 8. The molecule has 0 spiro atoms. The van der Waals surface area contributed by atoms with E-state index in [-0.39, 0.29) is 18.1 Å². The van der Waals surface area contributed by atoms with Gasteiger partial charge in [0, 0.05) is 17.2 Å². The van der Waals surface area contributed by atoms with Crippen LogP contribution >= 0.6 is 0 Å². The van der Waals surface area contributed by atoms with Crippen molar-refractivity contribution in [2.75, 3.05) is 34.7 Å². The van der Waals surface area contributed by atoms with Gasteiger partial charge in [-0.25, -0.2) is 4.79 Å². The number of benzene rings is 2. The normalized spacial score (nSPS) is 16.6. The Bertz CT molecular complexity index is 1040. The zero-order chi connectivity index (χ0) is 21.4. The highest BCUT2D eigenvalue weighted by atomic mass is 16.7. The summed E-state index contributed by atoms with van der Waals surface area (Å²) in [6.45, 7) is -0.545. The van der Waals surface area contributed by atoms with Crippen molar-refractivity contribution in [3.05, 3.63) is 46.7 Å². The minimum absolute atomic E-state index is 0.0502. The average Bonchev–Trinajstić information content (AvgIpc) is 3.22. The summed E-state index contributed by atoms with van der Waals surface area (Å²) in [5.74, 6) is 0.221. The van der Waals surface area contributed by atoms with Crippen LogP contribution in [0, 0.1) is 0 Å². The Morgan fingerprint density at radius 1 is 1.00 bits per heavy atom. The summed E-state index contributed by atoms with van der Waals surface area (Å²) in [6, 6.07) is 6.65. The van der Waals surface area contributed by atoms with Crippen LogP contribution in [-0.4, -0.2) is 50.9 Å². The third kappa shape index (κ3) is 2.94. The molecule has 0 radical (unpaired) electrons. The molecular weight excluding hydrogens is 396 g/mol. The summed E-state index contributed by atoms with van der Waals surface area (Å²) in [4.78, 5) is 12.2. The van der Waals surface area contributed by atoms with E-state index < -0.39 is 18.5 Å². The van der Waals surface area contributed by atoms with Gasteiger partial charge in [0.2, 0.25) is 12.5 Å². The van der Waals surface area contributed by atoms with Crippen molar-refractivity contribution in [3.63, 3.8) is 0 Å². The second-order valence-corrected chi connectivity index (χ2v) is 6.50. The molecule has 2 heterocycles. The number of ether oxygens (including phenoxy) is 6. The van der Waals surface area contributed by atoms with Gasteiger partial charge in [-0.05, 0) is 12.1 Å². The first kappa shape index (κ1) is 19.7. The number of rotatable bonds is 6. The number of carboxylic acids is 1. The number of carboxylic acid groups (broad SMARTS) is 1. The number of methoxy groups -OCH3 is 3. The van der Waals surface area contributed by atoms with Crippen LogP contribution in [0.15, 0.2) is 35.6 Å². The summed E-state index contributed by atoms with van der Waals surface area (Å²) in [7, 11) is 4.42. The highest BCUT2D eigenvalue weighted by molar-refractivity contribution is 5.92. The molecule has 30 heavy (non-hydrogen) atoms. The summed E-state index contributed by atoms with van der Waals surface area (Å²) in [6.07, 6.45) is 0. The van der Waals surface area contributed by atoms with Gasteiger partial charge in [-0.2, -0.15) is 0 Å². The first-order valence-electron chi connectivity index (χ1n) is 9.01. The molecule has 158 valence electrons. The van der Waals surface area contributed by atoms with Crippen molar-refractivity contribution in [1.29, 1.82) is 0 Å². The molecule has 1 unspecified atom stereocenters. The number of fused-ring (bicyclic) bond motifs is 2. The largest absolute Gasteiger partial charge is 0.493 e. The lowest BCUT2D eigenvalue weighted by molar-refractivity contribution is -0.133. The van der Waals surface area contributed by atoms with Crippen molar-refractivity contribution in [1.82, 2.24) is 0 Å². The number of carbonyl (C=O) groups is 1. The highest BCUT2D eigenvalue weighted by Crippen LogP contribution is 2.52. The molecule has 0 saturated carbocycles. The van der Waals surface area contributed by atoms with Crippen LogP contribution in [0.25, 0.3) is 0 Å². The summed E-state index contributed by atoms with van der Waals surface area (Å²) in [5.41, 5.74) is 0.913. The maximum atomic E-state index is 12.2. The maximum absolute atomic E-state index is 12.2. The van der Waals surface area contributed by atoms with E-state index in [0.29, 0.717) is 45.6 Å². The molecule has 2 aromatic rings. The molecule has 0 fully saturated rings. The van der Waals surface area contributed by atoms with Crippen LogP contribution in [0.4, 0.5) is 0 Å². The standard InChI is InChI=1S/C21H20O9/c1-25-12-5-4-10(19(26-2)20(12)27-3)17-11-6-14-15(29-9-28-14)7-13(11)30-16(8-22)18(17)21(23)24/h4-7,17,22H,8-9H2,1-3H3,(H,23,24). The highest BCUT2D eigenvalue weighted by Gasteiger charge is 2.39. The third-order valence-corrected chi connectivity index (χ3v) is 5.06. The average molecular weight is 416 g/mol. The molecule has 9 nitrogen and oxygen atoms in total. The predicted molar refractivity (Wildman–Crippen MR) is 103 cm³/mol. The van der Waals surface area contributed by atoms with E-state index in [1.807, 2.05) is 0 Å². The van der Waals surface area contributed by atoms with Crippen LogP contribution in [0.5, 0.6) is 34.5 Å².